The number of Topliss-reactive ketones (excluding diaryl/α,β-unsaturated/α-hetero) is 1. The number of methoxy groups -OCH3 is 2. The summed E-state index contributed by atoms with van der Waals surface area (Å²) in [7, 11) is 3.21. The molecule has 0 radical (unpaired) electrons. The smallest absolute Gasteiger partial charge is 0.203 e. The molecule has 3 rings (SSSR count). The average molecular weight is 299 g/mol. The third kappa shape index (κ3) is 2.62. The first kappa shape index (κ1) is 14.4. The lowest BCUT2D eigenvalue weighted by molar-refractivity contribution is 0.0974. The lowest BCUT2D eigenvalue weighted by atomic mass is 9.93. The Labute approximate surface area is 128 Å². The maximum Gasteiger partial charge on any atom is 0.203 e. The third-order valence-corrected chi connectivity index (χ3v) is 3.73. The molecular weight excluding hydrogens is 282 g/mol. The minimum atomic E-state index is -0.0774. The molecule has 2 heterocycles. The van der Waals surface area contributed by atoms with E-state index in [-0.39, 0.29) is 12.2 Å². The van der Waals surface area contributed by atoms with E-state index in [9.17, 15) is 4.79 Å². The summed E-state index contributed by atoms with van der Waals surface area (Å²) < 4.78 is 15.8. The highest BCUT2D eigenvalue weighted by atomic mass is 16.5. The van der Waals surface area contributed by atoms with E-state index in [1.54, 1.807) is 26.4 Å². The van der Waals surface area contributed by atoms with E-state index in [0.29, 0.717) is 23.8 Å². The number of hydrogen-bond acceptors (Lipinski definition) is 5. The predicted molar refractivity (Wildman–Crippen MR) is 82.3 cm³/mol. The number of aliphatic imine (C=N–C) groups is 1. The lowest BCUT2D eigenvalue weighted by Gasteiger charge is -2.19. The van der Waals surface area contributed by atoms with Crippen LogP contribution in [-0.4, -0.2) is 32.3 Å². The molecule has 2 aromatic rings. The summed E-state index contributed by atoms with van der Waals surface area (Å²) in [6.07, 6.45) is 2.54. The van der Waals surface area contributed by atoms with Crippen LogP contribution in [0.15, 0.2) is 39.9 Å². The van der Waals surface area contributed by atoms with Gasteiger partial charge in [-0.15, -0.1) is 0 Å². The summed E-state index contributed by atoms with van der Waals surface area (Å²) in [6, 6.07) is 7.22. The fraction of sp³-hybridized carbons (Fsp3) is 0.294. The number of benzene rings is 1. The van der Waals surface area contributed by atoms with Crippen LogP contribution in [-0.2, 0) is 6.42 Å². The maximum atomic E-state index is 12.2. The number of carbonyl (C=O) groups excluding carboxylic acids is 1. The van der Waals surface area contributed by atoms with Gasteiger partial charge in [0.25, 0.3) is 0 Å². The van der Waals surface area contributed by atoms with Gasteiger partial charge in [0.15, 0.2) is 17.3 Å². The van der Waals surface area contributed by atoms with Gasteiger partial charge in [-0.2, -0.15) is 0 Å². The second-order valence-corrected chi connectivity index (χ2v) is 5.02. The fourth-order valence-electron chi connectivity index (χ4n) is 2.62. The highest BCUT2D eigenvalue weighted by molar-refractivity contribution is 6.16. The van der Waals surface area contributed by atoms with Gasteiger partial charge >= 0.3 is 0 Å². The van der Waals surface area contributed by atoms with Crippen molar-refractivity contribution in [3.8, 4) is 11.5 Å². The van der Waals surface area contributed by atoms with Gasteiger partial charge in [0, 0.05) is 12.1 Å². The van der Waals surface area contributed by atoms with Crippen LogP contribution in [0.4, 0.5) is 0 Å². The van der Waals surface area contributed by atoms with E-state index in [2.05, 4.69) is 4.99 Å². The molecular formula is C17H17NO4. The normalized spacial score (nSPS) is 13.3. The van der Waals surface area contributed by atoms with Gasteiger partial charge in [-0.3, -0.25) is 9.79 Å². The van der Waals surface area contributed by atoms with Crippen LogP contribution in [0.5, 0.6) is 11.5 Å². The molecule has 22 heavy (non-hydrogen) atoms. The maximum absolute atomic E-state index is 12.2. The van der Waals surface area contributed by atoms with Crippen molar-refractivity contribution in [2.45, 2.75) is 12.8 Å². The molecule has 5 nitrogen and oxygen atoms in total. The molecule has 1 aromatic heterocycles. The molecule has 0 spiro atoms. The van der Waals surface area contributed by atoms with Gasteiger partial charge in [-0.25, -0.2) is 0 Å². The number of fused-ring (bicyclic) bond motifs is 1. The number of ketones is 1. The number of carbonyl (C=O) groups is 1. The largest absolute Gasteiger partial charge is 0.493 e. The van der Waals surface area contributed by atoms with Crippen molar-refractivity contribution in [3.63, 3.8) is 0 Å². The molecule has 0 saturated heterocycles. The zero-order valence-electron chi connectivity index (χ0n) is 12.6. The summed E-state index contributed by atoms with van der Waals surface area (Å²) in [5.41, 5.74) is 2.84. The van der Waals surface area contributed by atoms with Gasteiger partial charge in [0.2, 0.25) is 5.78 Å². The Morgan fingerprint density at radius 2 is 2.05 bits per heavy atom. The quantitative estimate of drug-likeness (QED) is 0.796. The first-order valence-electron chi connectivity index (χ1n) is 7.08. The number of ether oxygens (including phenoxy) is 2. The Morgan fingerprint density at radius 3 is 2.73 bits per heavy atom. The molecule has 0 atom stereocenters. The first-order valence-corrected chi connectivity index (χ1v) is 7.08. The van der Waals surface area contributed by atoms with Crippen LogP contribution >= 0.6 is 0 Å². The van der Waals surface area contributed by atoms with E-state index in [1.165, 1.54) is 6.26 Å². The van der Waals surface area contributed by atoms with Crippen LogP contribution in [0.25, 0.3) is 0 Å². The van der Waals surface area contributed by atoms with Crippen molar-refractivity contribution < 1.29 is 18.7 Å². The van der Waals surface area contributed by atoms with Crippen LogP contribution in [0.2, 0.25) is 0 Å². The minimum Gasteiger partial charge on any atom is -0.493 e. The number of furan rings is 1. The van der Waals surface area contributed by atoms with Crippen molar-refractivity contribution >= 4 is 11.5 Å². The molecule has 0 N–H and O–H groups in total. The predicted octanol–water partition coefficient (Wildman–Crippen LogP) is 2.92. The molecule has 114 valence electrons. The Kier molecular flexibility index (Phi) is 3.96. The van der Waals surface area contributed by atoms with E-state index in [0.717, 1.165) is 23.3 Å². The summed E-state index contributed by atoms with van der Waals surface area (Å²) in [6.45, 7) is 0.670. The molecule has 0 unspecified atom stereocenters. The Bertz CT molecular complexity index is 717. The second-order valence-electron chi connectivity index (χ2n) is 5.02. The topological polar surface area (TPSA) is 61.0 Å². The van der Waals surface area contributed by atoms with Gasteiger partial charge in [-0.05, 0) is 36.2 Å². The van der Waals surface area contributed by atoms with Crippen molar-refractivity contribution in [1.29, 1.82) is 0 Å². The van der Waals surface area contributed by atoms with Crippen molar-refractivity contribution in [3.05, 3.63) is 47.4 Å². The van der Waals surface area contributed by atoms with Gasteiger partial charge in [0.1, 0.15) is 0 Å². The molecule has 5 heteroatoms. The van der Waals surface area contributed by atoms with Crippen LogP contribution in [0.3, 0.4) is 0 Å². The molecule has 0 fully saturated rings. The first-order chi connectivity index (χ1) is 10.7. The van der Waals surface area contributed by atoms with Crippen molar-refractivity contribution in [1.82, 2.24) is 0 Å². The van der Waals surface area contributed by atoms with E-state index >= 15 is 0 Å². The van der Waals surface area contributed by atoms with E-state index < -0.39 is 0 Å². The van der Waals surface area contributed by atoms with Crippen LogP contribution in [0.1, 0.15) is 28.1 Å². The van der Waals surface area contributed by atoms with Gasteiger partial charge in [0.05, 0.1) is 32.6 Å². The Hall–Kier alpha value is -2.56. The summed E-state index contributed by atoms with van der Waals surface area (Å²) in [4.78, 5) is 16.7. The Morgan fingerprint density at radius 1 is 1.27 bits per heavy atom. The van der Waals surface area contributed by atoms with Gasteiger partial charge < -0.3 is 13.9 Å². The fourth-order valence-corrected chi connectivity index (χ4v) is 2.62. The van der Waals surface area contributed by atoms with E-state index in [1.807, 2.05) is 12.1 Å². The summed E-state index contributed by atoms with van der Waals surface area (Å²) in [5, 5.41) is 0. The highest BCUT2D eigenvalue weighted by Crippen LogP contribution is 2.33. The molecule has 1 aromatic carbocycles. The number of hydrogen-bond donors (Lipinski definition) is 0. The molecule has 0 amide bonds. The molecule has 0 saturated carbocycles. The van der Waals surface area contributed by atoms with Crippen molar-refractivity contribution in [2.75, 3.05) is 20.8 Å². The van der Waals surface area contributed by atoms with Crippen LogP contribution < -0.4 is 9.47 Å². The summed E-state index contributed by atoms with van der Waals surface area (Å²) in [5.74, 6) is 1.61. The molecule has 1 aliphatic rings. The minimum absolute atomic E-state index is 0.0774. The second kappa shape index (κ2) is 6.05. The lowest BCUT2D eigenvalue weighted by Crippen LogP contribution is -2.17. The van der Waals surface area contributed by atoms with Crippen LogP contribution in [0, 0.1) is 0 Å². The molecule has 0 bridgehead atoms. The molecule has 1 aliphatic heterocycles. The number of nitrogens with zero attached hydrogens (tertiary/aromatic N) is 1. The third-order valence-electron chi connectivity index (χ3n) is 3.73. The zero-order chi connectivity index (χ0) is 15.5. The van der Waals surface area contributed by atoms with E-state index in [4.69, 9.17) is 13.9 Å². The molecule has 0 aliphatic carbocycles. The monoisotopic (exact) mass is 299 g/mol. The SMILES string of the molecule is COc1cc2c(cc1OC)C(CC(=O)c1ccco1)=NCC2. The summed E-state index contributed by atoms with van der Waals surface area (Å²) >= 11 is 0. The average Bonchev–Trinajstić information content (AvgIpc) is 3.08. The highest BCUT2D eigenvalue weighted by Gasteiger charge is 2.21. The number of rotatable bonds is 5. The van der Waals surface area contributed by atoms with Gasteiger partial charge in [-0.1, -0.05) is 0 Å². The van der Waals surface area contributed by atoms with Crippen molar-refractivity contribution in [2.24, 2.45) is 4.99 Å². The standard InChI is InChI=1S/C17H17NO4/c1-20-16-8-11-5-6-18-13(12(11)9-17(16)21-2)10-14(19)15-4-3-7-22-15/h3-4,7-9H,5-6,10H2,1-2H3. The Balaban J connectivity index is 1.92. The zero-order valence-corrected chi connectivity index (χ0v) is 12.6.